The lowest BCUT2D eigenvalue weighted by Gasteiger charge is -2.27. The van der Waals surface area contributed by atoms with Gasteiger partial charge in [0.25, 0.3) is 0 Å². The Balaban J connectivity index is 1.60. The van der Waals surface area contributed by atoms with Crippen molar-refractivity contribution in [3.8, 4) is 0 Å². The Morgan fingerprint density at radius 3 is 2.95 bits per heavy atom. The Bertz CT molecular complexity index is 668. The van der Waals surface area contributed by atoms with E-state index in [1.807, 2.05) is 17.0 Å². The zero-order valence-electron chi connectivity index (χ0n) is 11.4. The highest BCUT2D eigenvalue weighted by atomic mass is 35.5. The number of halogens is 2. The van der Waals surface area contributed by atoms with E-state index in [4.69, 9.17) is 23.2 Å². The first-order chi connectivity index (χ1) is 10.1. The van der Waals surface area contributed by atoms with E-state index in [1.54, 1.807) is 17.4 Å². The zero-order chi connectivity index (χ0) is 14.8. The van der Waals surface area contributed by atoms with Crippen molar-refractivity contribution >= 4 is 40.4 Å². The van der Waals surface area contributed by atoms with Crippen LogP contribution in [0, 0.1) is 0 Å². The van der Waals surface area contributed by atoms with E-state index in [2.05, 4.69) is 11.4 Å². The van der Waals surface area contributed by atoms with Crippen LogP contribution in [0.2, 0.25) is 10.0 Å². The van der Waals surface area contributed by atoms with Crippen molar-refractivity contribution in [1.29, 1.82) is 0 Å². The zero-order valence-corrected chi connectivity index (χ0v) is 13.8. The molecule has 0 saturated heterocycles. The van der Waals surface area contributed by atoms with E-state index >= 15 is 0 Å². The molecule has 1 aliphatic rings. The van der Waals surface area contributed by atoms with Crippen LogP contribution in [-0.2, 0) is 24.2 Å². The molecule has 5 heteroatoms. The van der Waals surface area contributed by atoms with Gasteiger partial charge in [0, 0.05) is 34.4 Å². The van der Waals surface area contributed by atoms with Gasteiger partial charge in [-0.15, -0.1) is 11.3 Å². The fraction of sp³-hybridized carbons (Fsp3) is 0.312. The van der Waals surface area contributed by atoms with E-state index in [-0.39, 0.29) is 5.91 Å². The maximum Gasteiger partial charge on any atom is 0.223 e. The van der Waals surface area contributed by atoms with Gasteiger partial charge in [-0.2, -0.15) is 0 Å². The van der Waals surface area contributed by atoms with E-state index in [9.17, 15) is 4.79 Å². The molecule has 3 rings (SSSR count). The monoisotopic (exact) mass is 339 g/mol. The summed E-state index contributed by atoms with van der Waals surface area (Å²) in [6.07, 6.45) is 2.11. The molecule has 21 heavy (non-hydrogen) atoms. The second-order valence-electron chi connectivity index (χ2n) is 5.17. The largest absolute Gasteiger partial charge is 0.338 e. The van der Waals surface area contributed by atoms with Gasteiger partial charge in [-0.3, -0.25) is 4.79 Å². The van der Waals surface area contributed by atoms with Crippen LogP contribution in [0.5, 0.6) is 0 Å². The average Bonchev–Trinajstić information content (AvgIpc) is 2.93. The molecule has 0 saturated carbocycles. The molecule has 0 N–H and O–H groups in total. The number of carbonyl (C=O) groups excluding carboxylic acids is 1. The van der Waals surface area contributed by atoms with Crippen molar-refractivity contribution in [2.24, 2.45) is 0 Å². The van der Waals surface area contributed by atoms with Crippen molar-refractivity contribution in [3.63, 3.8) is 0 Å². The maximum atomic E-state index is 12.3. The number of nitrogens with zero attached hydrogens (tertiary/aromatic N) is 1. The van der Waals surface area contributed by atoms with Crippen LogP contribution in [0.25, 0.3) is 0 Å². The summed E-state index contributed by atoms with van der Waals surface area (Å²) in [6.45, 7) is 1.56. The fourth-order valence-corrected chi connectivity index (χ4v) is 3.98. The number of carbonyl (C=O) groups is 1. The first-order valence-corrected chi connectivity index (χ1v) is 8.54. The SMILES string of the molecule is O=C(CCc1ccc(Cl)cc1Cl)N1CCc2sccc2C1. The Morgan fingerprint density at radius 1 is 1.29 bits per heavy atom. The van der Waals surface area contributed by atoms with Crippen LogP contribution in [0.4, 0.5) is 0 Å². The third kappa shape index (κ3) is 3.42. The molecule has 0 atom stereocenters. The number of aryl methyl sites for hydroxylation is 1. The highest BCUT2D eigenvalue weighted by Gasteiger charge is 2.21. The second kappa shape index (κ2) is 6.39. The molecule has 2 aromatic rings. The van der Waals surface area contributed by atoms with Gasteiger partial charge in [-0.1, -0.05) is 29.3 Å². The van der Waals surface area contributed by atoms with Crippen LogP contribution in [-0.4, -0.2) is 17.4 Å². The molecule has 2 heterocycles. The highest BCUT2D eigenvalue weighted by Crippen LogP contribution is 2.25. The van der Waals surface area contributed by atoms with Gasteiger partial charge in [0.05, 0.1) is 0 Å². The summed E-state index contributed by atoms with van der Waals surface area (Å²) in [5, 5.41) is 3.36. The van der Waals surface area contributed by atoms with E-state index in [1.165, 1.54) is 10.4 Å². The lowest BCUT2D eigenvalue weighted by atomic mass is 10.1. The molecule has 0 fully saturated rings. The molecular weight excluding hydrogens is 325 g/mol. The van der Waals surface area contributed by atoms with Gasteiger partial charge in [0.2, 0.25) is 5.91 Å². The molecule has 0 unspecified atom stereocenters. The number of amides is 1. The van der Waals surface area contributed by atoms with Gasteiger partial charge < -0.3 is 4.90 Å². The predicted octanol–water partition coefficient (Wildman–Crippen LogP) is 4.57. The molecule has 1 aliphatic heterocycles. The van der Waals surface area contributed by atoms with Crippen LogP contribution in [0.15, 0.2) is 29.6 Å². The number of benzene rings is 1. The standard InChI is InChI=1S/C16H15Cl2NOS/c17-13-3-1-11(14(18)9-13)2-4-16(20)19-7-5-15-12(10-19)6-8-21-15/h1,3,6,8-9H,2,4-5,7,10H2. The van der Waals surface area contributed by atoms with Crippen LogP contribution in [0.1, 0.15) is 22.4 Å². The fourth-order valence-electron chi connectivity index (χ4n) is 2.59. The minimum Gasteiger partial charge on any atom is -0.338 e. The van der Waals surface area contributed by atoms with Crippen molar-refractivity contribution in [2.75, 3.05) is 6.54 Å². The first-order valence-electron chi connectivity index (χ1n) is 6.90. The Kier molecular flexibility index (Phi) is 4.53. The first kappa shape index (κ1) is 14.9. The number of thiophene rings is 1. The van der Waals surface area contributed by atoms with Crippen molar-refractivity contribution in [2.45, 2.75) is 25.8 Å². The Labute approximate surface area is 138 Å². The summed E-state index contributed by atoms with van der Waals surface area (Å²) in [6, 6.07) is 7.55. The molecule has 0 radical (unpaired) electrons. The molecule has 2 nitrogen and oxygen atoms in total. The minimum atomic E-state index is 0.192. The average molecular weight is 340 g/mol. The third-order valence-corrected chi connectivity index (χ3v) is 5.39. The maximum absolute atomic E-state index is 12.3. The highest BCUT2D eigenvalue weighted by molar-refractivity contribution is 7.10. The van der Waals surface area contributed by atoms with Crippen molar-refractivity contribution < 1.29 is 4.79 Å². The van der Waals surface area contributed by atoms with Gasteiger partial charge in [0.1, 0.15) is 0 Å². The topological polar surface area (TPSA) is 20.3 Å². The summed E-state index contributed by atoms with van der Waals surface area (Å²) >= 11 is 13.8. The molecule has 0 bridgehead atoms. The second-order valence-corrected chi connectivity index (χ2v) is 7.01. The van der Waals surface area contributed by atoms with Gasteiger partial charge in [0.15, 0.2) is 0 Å². The number of hydrogen-bond acceptors (Lipinski definition) is 2. The van der Waals surface area contributed by atoms with Gasteiger partial charge >= 0.3 is 0 Å². The normalized spacial score (nSPS) is 14.1. The van der Waals surface area contributed by atoms with Crippen molar-refractivity contribution in [1.82, 2.24) is 4.90 Å². The molecular formula is C16H15Cl2NOS. The molecule has 1 aromatic heterocycles. The lowest BCUT2D eigenvalue weighted by molar-refractivity contribution is -0.132. The minimum absolute atomic E-state index is 0.192. The van der Waals surface area contributed by atoms with E-state index < -0.39 is 0 Å². The summed E-state index contributed by atoms with van der Waals surface area (Å²) in [5.74, 6) is 0.192. The van der Waals surface area contributed by atoms with Gasteiger partial charge in [-0.05, 0) is 47.5 Å². The molecule has 0 aliphatic carbocycles. The summed E-state index contributed by atoms with van der Waals surface area (Å²) in [5.41, 5.74) is 2.27. The lowest BCUT2D eigenvalue weighted by Crippen LogP contribution is -2.35. The van der Waals surface area contributed by atoms with E-state index in [0.717, 1.165) is 25.1 Å². The number of rotatable bonds is 3. The molecule has 1 aromatic carbocycles. The number of fused-ring (bicyclic) bond motifs is 1. The van der Waals surface area contributed by atoms with E-state index in [0.29, 0.717) is 22.9 Å². The number of hydrogen-bond donors (Lipinski definition) is 0. The Hall–Kier alpha value is -1.03. The summed E-state index contributed by atoms with van der Waals surface area (Å²) in [7, 11) is 0. The van der Waals surface area contributed by atoms with Gasteiger partial charge in [-0.25, -0.2) is 0 Å². The third-order valence-electron chi connectivity index (χ3n) is 3.78. The molecule has 110 valence electrons. The van der Waals surface area contributed by atoms with Crippen LogP contribution < -0.4 is 0 Å². The van der Waals surface area contributed by atoms with Crippen LogP contribution in [0.3, 0.4) is 0 Å². The molecule has 1 amide bonds. The smallest absolute Gasteiger partial charge is 0.223 e. The molecule has 0 spiro atoms. The quantitative estimate of drug-likeness (QED) is 0.801. The van der Waals surface area contributed by atoms with Crippen LogP contribution >= 0.6 is 34.5 Å². The van der Waals surface area contributed by atoms with Crippen molar-refractivity contribution in [3.05, 3.63) is 55.7 Å². The summed E-state index contributed by atoms with van der Waals surface area (Å²) in [4.78, 5) is 15.7. The Morgan fingerprint density at radius 2 is 2.14 bits per heavy atom. The predicted molar refractivity (Wildman–Crippen MR) is 88.2 cm³/mol. The summed E-state index contributed by atoms with van der Waals surface area (Å²) < 4.78 is 0.